The molecular weight excluding hydrogens is 332 g/mol. The molecule has 1 unspecified atom stereocenters. The molecule has 2 aromatic rings. The zero-order valence-corrected chi connectivity index (χ0v) is 15.4. The van der Waals surface area contributed by atoms with Gasteiger partial charge in [-0.25, -0.2) is 4.68 Å². The molecule has 0 bridgehead atoms. The Morgan fingerprint density at radius 3 is 2.69 bits per heavy atom. The van der Waals surface area contributed by atoms with Gasteiger partial charge in [0.25, 0.3) is 0 Å². The SMILES string of the molecule is CCOc1ccc(NC(=O)C(CC)N2C(=O)CCn3nc(C)cc32)cc1. The van der Waals surface area contributed by atoms with E-state index >= 15 is 0 Å². The minimum Gasteiger partial charge on any atom is -0.494 e. The van der Waals surface area contributed by atoms with Gasteiger partial charge in [0.05, 0.1) is 18.8 Å². The Hall–Kier alpha value is -2.83. The van der Waals surface area contributed by atoms with Crippen LogP contribution in [0.25, 0.3) is 0 Å². The van der Waals surface area contributed by atoms with Crippen LogP contribution in [0.4, 0.5) is 11.5 Å². The highest BCUT2D eigenvalue weighted by Crippen LogP contribution is 2.26. The van der Waals surface area contributed by atoms with Gasteiger partial charge in [0.2, 0.25) is 11.8 Å². The highest BCUT2D eigenvalue weighted by molar-refractivity contribution is 6.05. The highest BCUT2D eigenvalue weighted by atomic mass is 16.5. The highest BCUT2D eigenvalue weighted by Gasteiger charge is 2.34. The zero-order chi connectivity index (χ0) is 18.7. The van der Waals surface area contributed by atoms with Gasteiger partial charge in [-0.2, -0.15) is 5.10 Å². The molecule has 7 nitrogen and oxygen atoms in total. The largest absolute Gasteiger partial charge is 0.494 e. The fourth-order valence-corrected chi connectivity index (χ4v) is 3.19. The number of rotatable bonds is 6. The molecule has 1 N–H and O–H groups in total. The minimum atomic E-state index is -0.579. The van der Waals surface area contributed by atoms with Gasteiger partial charge >= 0.3 is 0 Å². The van der Waals surface area contributed by atoms with E-state index in [2.05, 4.69) is 10.4 Å². The third-order valence-electron chi connectivity index (χ3n) is 4.37. The van der Waals surface area contributed by atoms with Gasteiger partial charge in [0.1, 0.15) is 17.6 Å². The number of carbonyl (C=O) groups excluding carboxylic acids is 2. The maximum absolute atomic E-state index is 12.8. The summed E-state index contributed by atoms with van der Waals surface area (Å²) in [5, 5.41) is 7.30. The summed E-state index contributed by atoms with van der Waals surface area (Å²) in [7, 11) is 0. The van der Waals surface area contributed by atoms with Crippen molar-refractivity contribution in [3.05, 3.63) is 36.0 Å². The average molecular weight is 356 g/mol. The molecule has 2 amide bonds. The third-order valence-corrected chi connectivity index (χ3v) is 4.37. The smallest absolute Gasteiger partial charge is 0.247 e. The summed E-state index contributed by atoms with van der Waals surface area (Å²) in [6, 6.07) is 8.48. The minimum absolute atomic E-state index is 0.0499. The van der Waals surface area contributed by atoms with Gasteiger partial charge < -0.3 is 10.1 Å². The first kappa shape index (κ1) is 18.0. The number of aromatic nitrogens is 2. The fourth-order valence-electron chi connectivity index (χ4n) is 3.19. The summed E-state index contributed by atoms with van der Waals surface area (Å²) in [4.78, 5) is 27.0. The molecule has 1 aromatic carbocycles. The molecule has 1 aliphatic rings. The first-order chi connectivity index (χ1) is 12.5. The molecule has 0 saturated carbocycles. The van der Waals surface area contributed by atoms with Gasteiger partial charge in [-0.05, 0) is 44.5 Å². The number of nitrogens with one attached hydrogen (secondary N) is 1. The fraction of sp³-hybridized carbons (Fsp3) is 0.421. The van der Waals surface area contributed by atoms with Crippen molar-refractivity contribution in [1.82, 2.24) is 9.78 Å². The summed E-state index contributed by atoms with van der Waals surface area (Å²) in [6.45, 7) is 6.85. The van der Waals surface area contributed by atoms with Gasteiger partial charge in [0.15, 0.2) is 0 Å². The Morgan fingerprint density at radius 1 is 1.31 bits per heavy atom. The Balaban J connectivity index is 1.79. The van der Waals surface area contributed by atoms with Crippen LogP contribution in [0.15, 0.2) is 30.3 Å². The number of hydrogen-bond donors (Lipinski definition) is 1. The predicted molar refractivity (Wildman–Crippen MR) is 99.4 cm³/mol. The number of aryl methyl sites for hydroxylation is 2. The van der Waals surface area contributed by atoms with Crippen LogP contribution in [0, 0.1) is 6.92 Å². The van der Waals surface area contributed by atoms with Crippen LogP contribution in [-0.4, -0.2) is 34.2 Å². The molecule has 26 heavy (non-hydrogen) atoms. The van der Waals surface area contributed by atoms with E-state index in [1.54, 1.807) is 21.7 Å². The maximum atomic E-state index is 12.8. The van der Waals surface area contributed by atoms with Crippen molar-refractivity contribution < 1.29 is 14.3 Å². The van der Waals surface area contributed by atoms with E-state index in [1.165, 1.54) is 0 Å². The average Bonchev–Trinajstić information content (AvgIpc) is 3.00. The molecule has 1 aliphatic heterocycles. The van der Waals surface area contributed by atoms with E-state index in [-0.39, 0.29) is 11.8 Å². The number of benzene rings is 1. The molecule has 0 radical (unpaired) electrons. The maximum Gasteiger partial charge on any atom is 0.247 e. The summed E-state index contributed by atoms with van der Waals surface area (Å²) >= 11 is 0. The second-order valence-corrected chi connectivity index (χ2v) is 6.25. The van der Waals surface area contributed by atoms with Crippen molar-refractivity contribution in [3.8, 4) is 5.75 Å². The van der Waals surface area contributed by atoms with Gasteiger partial charge in [-0.1, -0.05) is 6.92 Å². The predicted octanol–water partition coefficient (Wildman–Crippen LogP) is 2.74. The van der Waals surface area contributed by atoms with Crippen molar-refractivity contribution in [2.75, 3.05) is 16.8 Å². The lowest BCUT2D eigenvalue weighted by molar-refractivity contribution is -0.124. The molecule has 0 spiro atoms. The Morgan fingerprint density at radius 2 is 2.04 bits per heavy atom. The van der Waals surface area contributed by atoms with Crippen LogP contribution >= 0.6 is 0 Å². The Bertz CT molecular complexity index is 798. The molecule has 1 atom stereocenters. The summed E-state index contributed by atoms with van der Waals surface area (Å²) < 4.78 is 7.20. The second-order valence-electron chi connectivity index (χ2n) is 6.25. The lowest BCUT2D eigenvalue weighted by atomic mass is 10.1. The van der Waals surface area contributed by atoms with Crippen LogP contribution in [-0.2, 0) is 16.1 Å². The second kappa shape index (κ2) is 7.59. The molecule has 1 aromatic heterocycles. The quantitative estimate of drug-likeness (QED) is 0.863. The van der Waals surface area contributed by atoms with Crippen molar-refractivity contribution >= 4 is 23.3 Å². The van der Waals surface area contributed by atoms with Gasteiger partial charge in [-0.15, -0.1) is 0 Å². The molecule has 7 heteroatoms. The van der Waals surface area contributed by atoms with Crippen molar-refractivity contribution in [2.45, 2.75) is 46.2 Å². The van der Waals surface area contributed by atoms with Crippen LogP contribution in [0.5, 0.6) is 5.75 Å². The van der Waals surface area contributed by atoms with Crippen LogP contribution in [0.3, 0.4) is 0 Å². The van der Waals surface area contributed by atoms with E-state index in [0.29, 0.717) is 37.5 Å². The summed E-state index contributed by atoms with van der Waals surface area (Å²) in [5.41, 5.74) is 1.51. The Kier molecular flexibility index (Phi) is 5.25. The van der Waals surface area contributed by atoms with E-state index in [0.717, 1.165) is 11.4 Å². The molecule has 138 valence electrons. The number of anilines is 2. The van der Waals surface area contributed by atoms with Crippen LogP contribution in [0.2, 0.25) is 0 Å². The molecular formula is C19H24N4O3. The van der Waals surface area contributed by atoms with E-state index < -0.39 is 6.04 Å². The number of fused-ring (bicyclic) bond motifs is 1. The summed E-state index contributed by atoms with van der Waals surface area (Å²) in [5.74, 6) is 1.18. The number of hydrogen-bond acceptors (Lipinski definition) is 4. The van der Waals surface area contributed by atoms with Crippen molar-refractivity contribution in [1.29, 1.82) is 0 Å². The molecule has 0 saturated heterocycles. The standard InChI is InChI=1S/C19H24N4O3/c1-4-16(19(25)20-14-6-8-15(9-7-14)26-5-2)23-17-12-13(3)21-22(17)11-10-18(23)24/h6-9,12,16H,4-5,10-11H2,1-3H3,(H,20,25). The van der Waals surface area contributed by atoms with E-state index in [1.807, 2.05) is 39.0 Å². The normalized spacial score (nSPS) is 14.7. The first-order valence-electron chi connectivity index (χ1n) is 8.93. The lowest BCUT2D eigenvalue weighted by Crippen LogP contribution is -2.50. The van der Waals surface area contributed by atoms with E-state index in [9.17, 15) is 9.59 Å². The van der Waals surface area contributed by atoms with Gasteiger partial charge in [-0.3, -0.25) is 14.5 Å². The van der Waals surface area contributed by atoms with E-state index in [4.69, 9.17) is 4.74 Å². The number of amides is 2. The van der Waals surface area contributed by atoms with Crippen molar-refractivity contribution in [3.63, 3.8) is 0 Å². The Labute approximate surface area is 152 Å². The number of ether oxygens (including phenoxy) is 1. The van der Waals surface area contributed by atoms with Crippen LogP contribution < -0.4 is 15.0 Å². The van der Waals surface area contributed by atoms with Crippen LogP contribution in [0.1, 0.15) is 32.4 Å². The third kappa shape index (κ3) is 3.56. The zero-order valence-electron chi connectivity index (χ0n) is 15.4. The topological polar surface area (TPSA) is 76.5 Å². The van der Waals surface area contributed by atoms with Crippen molar-refractivity contribution in [2.24, 2.45) is 0 Å². The van der Waals surface area contributed by atoms with Gasteiger partial charge in [0, 0.05) is 18.2 Å². The molecule has 0 fully saturated rings. The molecule has 2 heterocycles. The first-order valence-corrected chi connectivity index (χ1v) is 8.93. The number of carbonyl (C=O) groups is 2. The molecule has 0 aliphatic carbocycles. The molecule has 3 rings (SSSR count). The lowest BCUT2D eigenvalue weighted by Gasteiger charge is -2.33. The summed E-state index contributed by atoms with van der Waals surface area (Å²) in [6.07, 6.45) is 0.861. The number of nitrogens with zero attached hydrogens (tertiary/aromatic N) is 3. The monoisotopic (exact) mass is 356 g/mol.